The Morgan fingerprint density at radius 1 is 1.20 bits per heavy atom. The number of fused-ring (bicyclic) bond motifs is 1. The van der Waals surface area contributed by atoms with Gasteiger partial charge in [-0.2, -0.15) is 5.10 Å². The highest BCUT2D eigenvalue weighted by atomic mass is 32.2. The molecule has 2 aromatic carbocycles. The van der Waals surface area contributed by atoms with E-state index in [1.165, 1.54) is 11.8 Å². The summed E-state index contributed by atoms with van der Waals surface area (Å²) in [6, 6.07) is 17.4. The van der Waals surface area contributed by atoms with Gasteiger partial charge >= 0.3 is 0 Å². The smallest absolute Gasteiger partial charge is 0.257 e. The Labute approximate surface area is 149 Å². The van der Waals surface area contributed by atoms with Gasteiger partial charge in [-0.25, -0.2) is 10.4 Å². The largest absolute Gasteiger partial charge is 0.431 e. The summed E-state index contributed by atoms with van der Waals surface area (Å²) in [5, 5.41) is 4.44. The molecule has 0 aliphatic carbocycles. The zero-order chi connectivity index (χ0) is 17.5. The Hall–Kier alpha value is -2.86. The minimum Gasteiger partial charge on any atom is -0.431 e. The first kappa shape index (κ1) is 17.0. The molecule has 3 rings (SSSR count). The standard InChI is InChI=1S/C19H17N3O2S/c1-14(11-15-7-3-2-4-8-15)12-20-22-18(23)13-25-19-21-16-9-5-6-10-17(16)24-19/h2-12H,13H2,1H3,(H,22,23). The first-order chi connectivity index (χ1) is 12.2. The van der Waals surface area contributed by atoms with E-state index in [0.29, 0.717) is 10.8 Å². The van der Waals surface area contributed by atoms with Crippen LogP contribution < -0.4 is 5.43 Å². The summed E-state index contributed by atoms with van der Waals surface area (Å²) in [7, 11) is 0. The van der Waals surface area contributed by atoms with Gasteiger partial charge in [0.25, 0.3) is 11.1 Å². The molecular formula is C19H17N3O2S. The molecule has 0 radical (unpaired) electrons. The molecule has 0 aliphatic heterocycles. The molecule has 0 atom stereocenters. The lowest BCUT2D eigenvalue weighted by Crippen LogP contribution is -2.19. The van der Waals surface area contributed by atoms with Gasteiger partial charge in [-0.05, 0) is 30.2 Å². The van der Waals surface area contributed by atoms with Crippen molar-refractivity contribution < 1.29 is 9.21 Å². The first-order valence-corrected chi connectivity index (χ1v) is 8.73. The summed E-state index contributed by atoms with van der Waals surface area (Å²) in [6.07, 6.45) is 3.61. The molecule has 6 heteroatoms. The van der Waals surface area contributed by atoms with Crippen LogP contribution in [-0.2, 0) is 4.79 Å². The molecule has 0 saturated carbocycles. The average molecular weight is 351 g/mol. The van der Waals surface area contributed by atoms with Gasteiger partial charge in [-0.15, -0.1) is 0 Å². The molecule has 1 aromatic heterocycles. The van der Waals surface area contributed by atoms with Gasteiger partial charge in [0.05, 0.1) is 12.0 Å². The van der Waals surface area contributed by atoms with E-state index in [4.69, 9.17) is 4.42 Å². The molecule has 0 fully saturated rings. The summed E-state index contributed by atoms with van der Waals surface area (Å²) in [5.74, 6) is -0.0259. The molecule has 0 saturated heterocycles. The lowest BCUT2D eigenvalue weighted by molar-refractivity contribution is -0.118. The van der Waals surface area contributed by atoms with Crippen LogP contribution in [0.2, 0.25) is 0 Å². The van der Waals surface area contributed by atoms with Crippen molar-refractivity contribution in [2.75, 3.05) is 5.75 Å². The summed E-state index contributed by atoms with van der Waals surface area (Å²) < 4.78 is 5.55. The fourth-order valence-corrected chi connectivity index (χ4v) is 2.76. The van der Waals surface area contributed by atoms with E-state index in [2.05, 4.69) is 15.5 Å². The monoisotopic (exact) mass is 351 g/mol. The number of hydrazone groups is 1. The van der Waals surface area contributed by atoms with E-state index in [-0.39, 0.29) is 11.7 Å². The zero-order valence-corrected chi connectivity index (χ0v) is 14.5. The van der Waals surface area contributed by atoms with Crippen LogP contribution in [0.5, 0.6) is 0 Å². The van der Waals surface area contributed by atoms with Crippen molar-refractivity contribution in [1.82, 2.24) is 10.4 Å². The Balaban J connectivity index is 1.48. The normalized spacial score (nSPS) is 12.0. The summed E-state index contributed by atoms with van der Waals surface area (Å²) in [6.45, 7) is 1.93. The average Bonchev–Trinajstić information content (AvgIpc) is 3.04. The number of rotatable bonds is 6. The van der Waals surface area contributed by atoms with Gasteiger partial charge in [-0.1, -0.05) is 60.3 Å². The highest BCUT2D eigenvalue weighted by molar-refractivity contribution is 7.99. The number of benzene rings is 2. The molecular weight excluding hydrogens is 334 g/mol. The summed E-state index contributed by atoms with van der Waals surface area (Å²) in [5.41, 5.74) is 6.03. The topological polar surface area (TPSA) is 67.5 Å². The molecule has 3 aromatic rings. The van der Waals surface area contributed by atoms with Crippen molar-refractivity contribution in [3.63, 3.8) is 0 Å². The Morgan fingerprint density at radius 2 is 1.96 bits per heavy atom. The van der Waals surface area contributed by atoms with Crippen LogP contribution in [-0.4, -0.2) is 22.9 Å². The second kappa shape index (κ2) is 8.30. The number of carbonyl (C=O) groups is 1. The third-order valence-corrected chi connectivity index (χ3v) is 4.08. The number of para-hydroxylation sites is 2. The fraction of sp³-hybridized carbons (Fsp3) is 0.105. The molecule has 5 nitrogen and oxygen atoms in total. The predicted octanol–water partition coefficient (Wildman–Crippen LogP) is 4.13. The van der Waals surface area contributed by atoms with Crippen molar-refractivity contribution in [3.05, 3.63) is 65.7 Å². The van der Waals surface area contributed by atoms with Gasteiger partial charge in [0.15, 0.2) is 5.58 Å². The fourth-order valence-electron chi connectivity index (χ4n) is 2.13. The summed E-state index contributed by atoms with van der Waals surface area (Å²) in [4.78, 5) is 16.1. The number of aromatic nitrogens is 1. The van der Waals surface area contributed by atoms with Crippen molar-refractivity contribution in [3.8, 4) is 0 Å². The summed E-state index contributed by atoms with van der Waals surface area (Å²) >= 11 is 1.24. The van der Waals surface area contributed by atoms with Crippen LogP contribution in [0.15, 0.2) is 74.9 Å². The van der Waals surface area contributed by atoms with E-state index >= 15 is 0 Å². The predicted molar refractivity (Wildman–Crippen MR) is 101 cm³/mol. The number of allylic oxidation sites excluding steroid dienone is 1. The molecule has 1 heterocycles. The number of nitrogens with one attached hydrogen (secondary N) is 1. The van der Waals surface area contributed by atoms with Gasteiger partial charge in [0, 0.05) is 0 Å². The molecule has 0 bridgehead atoms. The van der Waals surface area contributed by atoms with E-state index in [1.54, 1.807) is 6.21 Å². The molecule has 0 aliphatic rings. The Kier molecular flexibility index (Phi) is 5.64. The van der Waals surface area contributed by atoms with Gasteiger partial charge < -0.3 is 4.42 Å². The van der Waals surface area contributed by atoms with Crippen molar-refractivity contribution in [2.24, 2.45) is 5.10 Å². The minimum atomic E-state index is -0.212. The van der Waals surface area contributed by atoms with E-state index in [1.807, 2.05) is 67.6 Å². The van der Waals surface area contributed by atoms with Gasteiger partial charge in [0.2, 0.25) is 0 Å². The molecule has 25 heavy (non-hydrogen) atoms. The van der Waals surface area contributed by atoms with E-state index in [0.717, 1.165) is 16.7 Å². The maximum atomic E-state index is 11.8. The van der Waals surface area contributed by atoms with Gasteiger partial charge in [-0.3, -0.25) is 4.79 Å². The number of hydrogen-bond donors (Lipinski definition) is 1. The maximum absolute atomic E-state index is 11.8. The van der Waals surface area contributed by atoms with Crippen LogP contribution in [0.3, 0.4) is 0 Å². The number of nitrogens with zero attached hydrogens (tertiary/aromatic N) is 2. The number of oxazole rings is 1. The van der Waals surface area contributed by atoms with Crippen LogP contribution in [0.1, 0.15) is 12.5 Å². The second-order valence-electron chi connectivity index (χ2n) is 5.33. The van der Waals surface area contributed by atoms with E-state index in [9.17, 15) is 4.79 Å². The Morgan fingerprint density at radius 3 is 2.76 bits per heavy atom. The third kappa shape index (κ3) is 5.06. The molecule has 1 amide bonds. The van der Waals surface area contributed by atoms with Crippen LogP contribution >= 0.6 is 11.8 Å². The number of amides is 1. The van der Waals surface area contributed by atoms with Crippen molar-refractivity contribution >= 4 is 41.1 Å². The van der Waals surface area contributed by atoms with Gasteiger partial charge in [0.1, 0.15) is 5.52 Å². The number of thioether (sulfide) groups is 1. The van der Waals surface area contributed by atoms with Crippen LogP contribution in [0, 0.1) is 0 Å². The van der Waals surface area contributed by atoms with E-state index < -0.39 is 0 Å². The SMILES string of the molecule is CC(C=NNC(=O)CSc1nc2ccccc2o1)=Cc1ccccc1. The Bertz CT molecular complexity index is 884. The number of carbonyl (C=O) groups excluding carboxylic acids is 1. The van der Waals surface area contributed by atoms with Crippen molar-refractivity contribution in [2.45, 2.75) is 12.1 Å². The second-order valence-corrected chi connectivity index (χ2v) is 6.25. The molecule has 0 unspecified atom stereocenters. The first-order valence-electron chi connectivity index (χ1n) is 7.74. The molecule has 126 valence electrons. The van der Waals surface area contributed by atoms with Crippen LogP contribution in [0.25, 0.3) is 17.2 Å². The molecule has 0 spiro atoms. The quantitative estimate of drug-likeness (QED) is 0.412. The highest BCUT2D eigenvalue weighted by Crippen LogP contribution is 2.22. The van der Waals surface area contributed by atoms with Crippen LogP contribution in [0.4, 0.5) is 0 Å². The lowest BCUT2D eigenvalue weighted by Gasteiger charge is -1.98. The maximum Gasteiger partial charge on any atom is 0.257 e. The zero-order valence-electron chi connectivity index (χ0n) is 13.7. The number of hydrogen-bond acceptors (Lipinski definition) is 5. The molecule has 1 N–H and O–H groups in total. The lowest BCUT2D eigenvalue weighted by atomic mass is 10.1. The highest BCUT2D eigenvalue weighted by Gasteiger charge is 2.08. The minimum absolute atomic E-state index is 0.186. The third-order valence-electron chi connectivity index (χ3n) is 3.25. The van der Waals surface area contributed by atoms with Crippen molar-refractivity contribution in [1.29, 1.82) is 0 Å².